The van der Waals surface area contributed by atoms with Crippen molar-refractivity contribution >= 4 is 15.7 Å². The van der Waals surface area contributed by atoms with Gasteiger partial charge in [-0.15, -0.1) is 0 Å². The van der Waals surface area contributed by atoms with Gasteiger partial charge in [0.05, 0.1) is 4.90 Å². The fourth-order valence-corrected chi connectivity index (χ4v) is 2.82. The van der Waals surface area contributed by atoms with Crippen molar-refractivity contribution in [1.82, 2.24) is 4.72 Å². The van der Waals surface area contributed by atoms with Gasteiger partial charge >= 0.3 is 0 Å². The van der Waals surface area contributed by atoms with Gasteiger partial charge in [0.25, 0.3) is 0 Å². The van der Waals surface area contributed by atoms with Gasteiger partial charge in [0, 0.05) is 12.2 Å². The summed E-state index contributed by atoms with van der Waals surface area (Å²) < 4.78 is 25.4. The third-order valence-corrected chi connectivity index (χ3v) is 3.67. The summed E-state index contributed by atoms with van der Waals surface area (Å²) in [6, 6.07) is 4.95. The summed E-state index contributed by atoms with van der Waals surface area (Å²) in [6.45, 7) is 0.434. The zero-order valence-electron chi connectivity index (χ0n) is 6.95. The second-order valence-electron chi connectivity index (χ2n) is 2.97. The summed E-state index contributed by atoms with van der Waals surface area (Å²) in [5.41, 5.74) is 6.97. The smallest absolute Gasteiger partial charge is 0.240 e. The second kappa shape index (κ2) is 2.71. The molecule has 0 aromatic heterocycles. The molecule has 0 unspecified atom stereocenters. The van der Waals surface area contributed by atoms with E-state index in [1.165, 1.54) is 0 Å². The third kappa shape index (κ3) is 1.30. The normalized spacial score (nSPS) is 19.4. The molecule has 1 heterocycles. The fourth-order valence-electron chi connectivity index (χ4n) is 1.49. The minimum absolute atomic E-state index is 0.318. The number of nitrogens with two attached hydrogens (primary N) is 1. The Morgan fingerprint density at radius 2 is 2.15 bits per heavy atom. The van der Waals surface area contributed by atoms with Crippen LogP contribution in [-0.2, 0) is 16.4 Å². The molecular formula is C8H10N2O2S. The molecule has 0 radical (unpaired) electrons. The maximum absolute atomic E-state index is 11.5. The van der Waals surface area contributed by atoms with E-state index in [0.717, 1.165) is 5.56 Å². The number of benzene rings is 1. The molecule has 1 aromatic carbocycles. The van der Waals surface area contributed by atoms with Gasteiger partial charge in [-0.3, -0.25) is 0 Å². The number of rotatable bonds is 0. The van der Waals surface area contributed by atoms with Gasteiger partial charge in [-0.1, -0.05) is 6.07 Å². The molecule has 3 N–H and O–H groups in total. The maximum Gasteiger partial charge on any atom is 0.240 e. The lowest BCUT2D eigenvalue weighted by molar-refractivity contribution is 0.574. The second-order valence-corrected chi connectivity index (χ2v) is 4.71. The third-order valence-electron chi connectivity index (χ3n) is 2.13. The molecule has 0 saturated heterocycles. The van der Waals surface area contributed by atoms with Gasteiger partial charge in [-0.25, -0.2) is 13.1 Å². The molecule has 70 valence electrons. The van der Waals surface area contributed by atoms with Crippen molar-refractivity contribution in [2.75, 3.05) is 12.3 Å². The first kappa shape index (κ1) is 8.52. The first-order valence-electron chi connectivity index (χ1n) is 3.98. The summed E-state index contributed by atoms with van der Waals surface area (Å²) in [5, 5.41) is 0. The molecule has 0 spiro atoms. The molecule has 2 rings (SSSR count). The highest BCUT2D eigenvalue weighted by molar-refractivity contribution is 7.89. The Hall–Kier alpha value is -1.07. The molecule has 0 aliphatic carbocycles. The van der Waals surface area contributed by atoms with Gasteiger partial charge in [0.2, 0.25) is 10.0 Å². The summed E-state index contributed by atoms with van der Waals surface area (Å²) in [5.74, 6) is 0. The van der Waals surface area contributed by atoms with Crippen LogP contribution in [0.5, 0.6) is 0 Å². The van der Waals surface area contributed by atoms with E-state index in [0.29, 0.717) is 23.5 Å². The van der Waals surface area contributed by atoms with E-state index in [4.69, 9.17) is 5.73 Å². The lowest BCUT2D eigenvalue weighted by Gasteiger charge is -2.18. The van der Waals surface area contributed by atoms with Crippen molar-refractivity contribution in [1.29, 1.82) is 0 Å². The van der Waals surface area contributed by atoms with Crippen LogP contribution in [0.25, 0.3) is 0 Å². The van der Waals surface area contributed by atoms with Gasteiger partial charge in [-0.05, 0) is 24.1 Å². The Balaban J connectivity index is 2.73. The summed E-state index contributed by atoms with van der Waals surface area (Å²) in [4.78, 5) is 0.318. The Morgan fingerprint density at radius 3 is 2.85 bits per heavy atom. The minimum Gasteiger partial charge on any atom is -0.398 e. The van der Waals surface area contributed by atoms with Crippen LogP contribution in [0.1, 0.15) is 5.56 Å². The first-order chi connectivity index (χ1) is 6.11. The van der Waals surface area contributed by atoms with Crippen molar-refractivity contribution in [2.45, 2.75) is 11.3 Å². The van der Waals surface area contributed by atoms with Crippen LogP contribution in [0.3, 0.4) is 0 Å². The molecule has 0 saturated carbocycles. The molecule has 4 nitrogen and oxygen atoms in total. The fraction of sp³-hybridized carbons (Fsp3) is 0.250. The first-order valence-corrected chi connectivity index (χ1v) is 5.46. The number of fused-ring (bicyclic) bond motifs is 1. The molecule has 1 aromatic rings. The van der Waals surface area contributed by atoms with E-state index in [9.17, 15) is 8.42 Å². The minimum atomic E-state index is -3.29. The van der Waals surface area contributed by atoms with Crippen LogP contribution in [0.4, 0.5) is 5.69 Å². The molecule has 0 amide bonds. The van der Waals surface area contributed by atoms with Crippen LogP contribution in [0, 0.1) is 0 Å². The van der Waals surface area contributed by atoms with Crippen molar-refractivity contribution in [2.24, 2.45) is 0 Å². The van der Waals surface area contributed by atoms with Crippen molar-refractivity contribution in [3.05, 3.63) is 23.8 Å². The van der Waals surface area contributed by atoms with Crippen molar-refractivity contribution in [3.8, 4) is 0 Å². The summed E-state index contributed by atoms with van der Waals surface area (Å²) >= 11 is 0. The highest BCUT2D eigenvalue weighted by atomic mass is 32.2. The Bertz CT molecular complexity index is 439. The molecular weight excluding hydrogens is 188 g/mol. The number of nitrogen functional groups attached to an aromatic ring is 1. The van der Waals surface area contributed by atoms with E-state index < -0.39 is 10.0 Å². The van der Waals surface area contributed by atoms with Gasteiger partial charge in [0.1, 0.15) is 0 Å². The average molecular weight is 198 g/mol. The number of nitrogens with one attached hydrogen (secondary N) is 1. The van der Waals surface area contributed by atoms with E-state index in [1.54, 1.807) is 18.2 Å². The molecule has 5 heteroatoms. The quantitative estimate of drug-likeness (QED) is 0.581. The largest absolute Gasteiger partial charge is 0.398 e. The molecule has 0 atom stereocenters. The number of sulfonamides is 1. The maximum atomic E-state index is 11.5. The molecule has 0 fully saturated rings. The topological polar surface area (TPSA) is 72.2 Å². The van der Waals surface area contributed by atoms with Gasteiger partial charge < -0.3 is 5.73 Å². The predicted octanol–water partition coefficient (Wildman–Crippen LogP) is 0.103. The SMILES string of the molecule is Nc1cccc2c1CCNS2(=O)=O. The molecule has 1 aliphatic heterocycles. The Labute approximate surface area is 76.8 Å². The highest BCUT2D eigenvalue weighted by Crippen LogP contribution is 2.24. The van der Waals surface area contributed by atoms with Gasteiger partial charge in [-0.2, -0.15) is 0 Å². The van der Waals surface area contributed by atoms with Crippen LogP contribution in [0.15, 0.2) is 23.1 Å². The average Bonchev–Trinajstić information content (AvgIpc) is 2.06. The van der Waals surface area contributed by atoms with E-state index >= 15 is 0 Å². The zero-order chi connectivity index (χ0) is 9.47. The van der Waals surface area contributed by atoms with Crippen molar-refractivity contribution < 1.29 is 8.42 Å². The van der Waals surface area contributed by atoms with E-state index in [2.05, 4.69) is 4.72 Å². The summed E-state index contributed by atoms with van der Waals surface area (Å²) in [7, 11) is -3.29. The van der Waals surface area contributed by atoms with Crippen LogP contribution >= 0.6 is 0 Å². The van der Waals surface area contributed by atoms with Gasteiger partial charge in [0.15, 0.2) is 0 Å². The highest BCUT2D eigenvalue weighted by Gasteiger charge is 2.23. The van der Waals surface area contributed by atoms with Crippen LogP contribution in [0.2, 0.25) is 0 Å². The standard InChI is InChI=1S/C8H10N2O2S/c9-7-2-1-3-8-6(7)4-5-10-13(8,11)12/h1-3,10H,4-5,9H2. The van der Waals surface area contributed by atoms with Crippen molar-refractivity contribution in [3.63, 3.8) is 0 Å². The Morgan fingerprint density at radius 1 is 1.38 bits per heavy atom. The number of hydrogen-bond donors (Lipinski definition) is 2. The van der Waals surface area contributed by atoms with E-state index in [1.807, 2.05) is 0 Å². The van der Waals surface area contributed by atoms with E-state index in [-0.39, 0.29) is 0 Å². The summed E-state index contributed by atoms with van der Waals surface area (Å²) in [6.07, 6.45) is 0.668. The number of anilines is 1. The lowest BCUT2D eigenvalue weighted by atomic mass is 10.1. The van der Waals surface area contributed by atoms with Crippen LogP contribution in [-0.4, -0.2) is 15.0 Å². The lowest BCUT2D eigenvalue weighted by Crippen LogP contribution is -2.32. The Kier molecular flexibility index (Phi) is 1.78. The molecule has 1 aliphatic rings. The van der Waals surface area contributed by atoms with Crippen LogP contribution < -0.4 is 10.5 Å². The number of hydrogen-bond acceptors (Lipinski definition) is 3. The molecule has 0 bridgehead atoms. The monoisotopic (exact) mass is 198 g/mol. The zero-order valence-corrected chi connectivity index (χ0v) is 7.76. The predicted molar refractivity (Wildman–Crippen MR) is 49.7 cm³/mol. The molecule has 13 heavy (non-hydrogen) atoms.